The molecule has 1 fully saturated rings. The summed E-state index contributed by atoms with van der Waals surface area (Å²) in [6.45, 7) is 1.61. The number of benzene rings is 1. The number of hydrogen-bond donors (Lipinski definition) is 4. The first-order valence-corrected chi connectivity index (χ1v) is 13.5. The number of fused-ring (bicyclic) bond motifs is 1. The van der Waals surface area contributed by atoms with Gasteiger partial charge < -0.3 is 30.9 Å². The fourth-order valence-corrected chi connectivity index (χ4v) is 6.02. The predicted octanol–water partition coefficient (Wildman–Crippen LogP) is 1.60. The Morgan fingerprint density at radius 3 is 2.61 bits per heavy atom. The second-order valence-electron chi connectivity index (χ2n) is 9.89. The summed E-state index contributed by atoms with van der Waals surface area (Å²) >= 11 is 7.16. The summed E-state index contributed by atoms with van der Waals surface area (Å²) in [4.78, 5) is 60.4. The zero-order valence-corrected chi connectivity index (χ0v) is 23.0. The Labute approximate surface area is 229 Å². The molecule has 0 spiro atoms. The van der Waals surface area contributed by atoms with E-state index in [4.69, 9.17) is 11.6 Å². The summed E-state index contributed by atoms with van der Waals surface area (Å²) in [5, 5.41) is 18.6. The van der Waals surface area contributed by atoms with E-state index in [2.05, 4.69) is 25.8 Å². The molecule has 0 radical (unpaired) electrons. The number of phenols is 1. The first-order valence-electron chi connectivity index (χ1n) is 12.3. The van der Waals surface area contributed by atoms with Gasteiger partial charge in [0.2, 0.25) is 5.91 Å². The van der Waals surface area contributed by atoms with E-state index >= 15 is 0 Å². The zero-order chi connectivity index (χ0) is 27.6. The van der Waals surface area contributed by atoms with Gasteiger partial charge in [-0.05, 0) is 38.4 Å². The van der Waals surface area contributed by atoms with Crippen LogP contribution in [0.4, 0.5) is 5.69 Å². The van der Waals surface area contributed by atoms with Crippen LogP contribution in [-0.4, -0.2) is 83.3 Å². The number of carbonyl (C=O) groups is 4. The lowest BCUT2D eigenvalue weighted by Crippen LogP contribution is -2.57. The highest BCUT2D eigenvalue weighted by molar-refractivity contribution is 7.13. The van der Waals surface area contributed by atoms with Gasteiger partial charge in [-0.2, -0.15) is 0 Å². The Kier molecular flexibility index (Phi) is 8.54. The molecule has 4 N–H and O–H groups in total. The summed E-state index contributed by atoms with van der Waals surface area (Å²) in [6, 6.07) is 2.93. The molecule has 1 aromatic heterocycles. The van der Waals surface area contributed by atoms with Crippen LogP contribution in [-0.2, 0) is 27.3 Å². The minimum Gasteiger partial charge on any atom is -0.506 e. The molecule has 204 valence electrons. The fraction of sp³-hybridized carbons (Fsp3) is 0.480. The number of aromatic nitrogens is 1. The molecule has 1 aliphatic carbocycles. The summed E-state index contributed by atoms with van der Waals surface area (Å²) in [5.74, 6) is -2.93. The molecule has 4 rings (SSSR count). The molecule has 1 aromatic carbocycles. The number of nitrogens with zero attached hydrogens (tertiary/aromatic N) is 3. The van der Waals surface area contributed by atoms with Gasteiger partial charge in [-0.1, -0.05) is 11.6 Å². The van der Waals surface area contributed by atoms with E-state index in [1.54, 1.807) is 14.1 Å². The molecule has 2 aliphatic rings. The van der Waals surface area contributed by atoms with Crippen LogP contribution in [0.15, 0.2) is 18.2 Å². The number of aromatic hydroxyl groups is 1. The van der Waals surface area contributed by atoms with Crippen molar-refractivity contribution in [1.82, 2.24) is 25.4 Å². The van der Waals surface area contributed by atoms with E-state index < -0.39 is 23.9 Å². The number of anilines is 1. The largest absolute Gasteiger partial charge is 0.506 e. The lowest BCUT2D eigenvalue weighted by Gasteiger charge is -2.37. The Hall–Kier alpha value is -3.22. The molecule has 0 bridgehead atoms. The quantitative estimate of drug-likeness (QED) is 0.320. The number of rotatable bonds is 5. The van der Waals surface area contributed by atoms with Gasteiger partial charge in [0.25, 0.3) is 5.91 Å². The number of nitrogens with one attached hydrogen (secondary N) is 3. The van der Waals surface area contributed by atoms with E-state index in [0.29, 0.717) is 24.3 Å². The monoisotopic (exact) mass is 562 g/mol. The first kappa shape index (κ1) is 27.8. The second kappa shape index (κ2) is 11.7. The Morgan fingerprint density at radius 2 is 1.89 bits per heavy atom. The number of halogens is 1. The fourth-order valence-electron chi connectivity index (χ4n) is 4.77. The molecule has 4 amide bonds. The van der Waals surface area contributed by atoms with Crippen LogP contribution < -0.4 is 16.0 Å². The van der Waals surface area contributed by atoms with Gasteiger partial charge in [0.15, 0.2) is 5.01 Å². The highest BCUT2D eigenvalue weighted by Gasteiger charge is 2.37. The van der Waals surface area contributed by atoms with Gasteiger partial charge in [0, 0.05) is 61.5 Å². The van der Waals surface area contributed by atoms with E-state index in [1.807, 2.05) is 7.05 Å². The molecule has 1 saturated carbocycles. The zero-order valence-electron chi connectivity index (χ0n) is 21.4. The van der Waals surface area contributed by atoms with Crippen LogP contribution in [0.5, 0.6) is 5.75 Å². The highest BCUT2D eigenvalue weighted by Crippen LogP contribution is 2.29. The number of phenolic OH excluding ortho intramolecular Hbond substituents is 1. The number of hydrogen-bond acceptors (Lipinski definition) is 8. The maximum atomic E-state index is 13.2. The number of carbonyl (C=O) groups excluding carboxylic acids is 4. The van der Waals surface area contributed by atoms with Crippen molar-refractivity contribution >= 4 is 52.3 Å². The maximum absolute atomic E-state index is 13.2. The lowest BCUT2D eigenvalue weighted by molar-refractivity contribution is -0.137. The first-order chi connectivity index (χ1) is 18.0. The highest BCUT2D eigenvalue weighted by atomic mass is 35.5. The average Bonchev–Trinajstić information content (AvgIpc) is 3.29. The standard InChI is InChI=1S/C25H31ClN6O5S/c1-31(2)25(37)13-4-6-15(27-21(34)22(35)28-16-7-5-14(26)11-19(16)33)18(10-13)29-23(36)24-30-17-8-9-32(3)12-20(17)38-24/h5,7,11,13,15,18,33H,4,6,8-10,12H2,1-3H3,(H,27,34)(H,28,35)(H,29,36)/t13-,15-,18+/m0/s1. The van der Waals surface area contributed by atoms with Crippen molar-refractivity contribution in [3.05, 3.63) is 38.8 Å². The van der Waals surface area contributed by atoms with Gasteiger partial charge in [-0.15, -0.1) is 11.3 Å². The van der Waals surface area contributed by atoms with E-state index in [9.17, 15) is 24.3 Å². The van der Waals surface area contributed by atoms with Gasteiger partial charge in [-0.3, -0.25) is 19.2 Å². The molecule has 0 saturated heterocycles. The second-order valence-corrected chi connectivity index (χ2v) is 11.4. The third-order valence-electron chi connectivity index (χ3n) is 6.80. The molecule has 2 aromatic rings. The molecular formula is C25H31ClN6O5S. The smallest absolute Gasteiger partial charge is 0.313 e. The van der Waals surface area contributed by atoms with Crippen LogP contribution >= 0.6 is 22.9 Å². The summed E-state index contributed by atoms with van der Waals surface area (Å²) in [5.41, 5.74) is 0.965. The molecular weight excluding hydrogens is 532 g/mol. The third kappa shape index (κ3) is 6.43. The molecule has 38 heavy (non-hydrogen) atoms. The van der Waals surface area contributed by atoms with Crippen LogP contribution in [0.25, 0.3) is 0 Å². The molecule has 2 heterocycles. The van der Waals surface area contributed by atoms with Crippen molar-refractivity contribution in [2.75, 3.05) is 33.0 Å². The topological polar surface area (TPSA) is 144 Å². The van der Waals surface area contributed by atoms with Crippen LogP contribution in [0.2, 0.25) is 5.02 Å². The Bertz CT molecular complexity index is 1250. The van der Waals surface area contributed by atoms with Crippen molar-refractivity contribution in [2.45, 2.75) is 44.3 Å². The number of likely N-dealkylation sites (N-methyl/N-ethyl adjacent to an activating group) is 1. The SMILES string of the molecule is CN1CCc2nc(C(=O)N[C@@H]3C[C@@H](C(=O)N(C)C)CC[C@@H]3NC(=O)C(=O)Nc3ccc(Cl)cc3O)sc2C1. The van der Waals surface area contributed by atoms with E-state index in [-0.39, 0.29) is 34.2 Å². The van der Waals surface area contributed by atoms with Crippen molar-refractivity contribution in [3.63, 3.8) is 0 Å². The van der Waals surface area contributed by atoms with Crippen LogP contribution in [0.1, 0.15) is 39.6 Å². The molecule has 11 nitrogen and oxygen atoms in total. The van der Waals surface area contributed by atoms with Gasteiger partial charge >= 0.3 is 11.8 Å². The van der Waals surface area contributed by atoms with Crippen molar-refractivity contribution in [2.24, 2.45) is 5.92 Å². The van der Waals surface area contributed by atoms with Gasteiger partial charge in [0.1, 0.15) is 5.75 Å². The minimum absolute atomic E-state index is 0.0399. The van der Waals surface area contributed by atoms with Crippen LogP contribution in [0, 0.1) is 5.92 Å². The Morgan fingerprint density at radius 1 is 1.13 bits per heavy atom. The summed E-state index contributed by atoms with van der Waals surface area (Å²) < 4.78 is 0. The maximum Gasteiger partial charge on any atom is 0.313 e. The molecule has 1 aliphatic heterocycles. The van der Waals surface area contributed by atoms with Crippen molar-refractivity contribution in [3.8, 4) is 5.75 Å². The molecule has 0 unspecified atom stereocenters. The lowest BCUT2D eigenvalue weighted by atomic mass is 9.81. The van der Waals surface area contributed by atoms with Crippen molar-refractivity contribution < 1.29 is 24.3 Å². The number of thiazole rings is 1. The number of amides is 4. The normalized spacial score (nSPS) is 21.2. The van der Waals surface area contributed by atoms with Gasteiger partial charge in [0.05, 0.1) is 17.4 Å². The predicted molar refractivity (Wildman–Crippen MR) is 143 cm³/mol. The third-order valence-corrected chi connectivity index (χ3v) is 8.12. The molecule has 3 atom stereocenters. The van der Waals surface area contributed by atoms with E-state index in [1.165, 1.54) is 34.4 Å². The van der Waals surface area contributed by atoms with Crippen molar-refractivity contribution in [1.29, 1.82) is 0 Å². The average molecular weight is 563 g/mol. The minimum atomic E-state index is -0.976. The summed E-state index contributed by atoms with van der Waals surface area (Å²) in [6.07, 6.45) is 1.96. The summed E-state index contributed by atoms with van der Waals surface area (Å²) in [7, 11) is 5.37. The van der Waals surface area contributed by atoms with Gasteiger partial charge in [-0.25, -0.2) is 4.98 Å². The van der Waals surface area contributed by atoms with Crippen LogP contribution in [0.3, 0.4) is 0 Å². The van der Waals surface area contributed by atoms with E-state index in [0.717, 1.165) is 30.1 Å². The Balaban J connectivity index is 1.46. The molecule has 13 heteroatoms.